The fraction of sp³-hybridized carbons (Fsp3) is 0.261. The van der Waals surface area contributed by atoms with Crippen molar-refractivity contribution in [1.29, 1.82) is 0 Å². The number of hydrogen-bond acceptors (Lipinski definition) is 5. The average molecular weight is 439 g/mol. The molecular formula is C23H23FN4O2S. The molecule has 6 nitrogen and oxygen atoms in total. The molecule has 1 N–H and O–H groups in total. The molecule has 8 heteroatoms. The molecule has 0 bridgehead atoms. The van der Waals surface area contributed by atoms with Crippen LogP contribution in [0, 0.1) is 12.7 Å². The second-order valence-corrected chi connectivity index (χ2v) is 7.76. The van der Waals surface area contributed by atoms with Crippen molar-refractivity contribution in [2.45, 2.75) is 19.9 Å². The number of methoxy groups -OCH3 is 1. The van der Waals surface area contributed by atoms with Crippen LogP contribution in [-0.4, -0.2) is 40.4 Å². The molecule has 2 heterocycles. The molecule has 4 rings (SSSR count). The Morgan fingerprint density at radius 3 is 2.74 bits per heavy atom. The van der Waals surface area contributed by atoms with Crippen LogP contribution < -0.4 is 5.32 Å². The van der Waals surface area contributed by atoms with Crippen LogP contribution in [0.2, 0.25) is 0 Å². The molecule has 1 unspecified atom stereocenters. The van der Waals surface area contributed by atoms with E-state index in [9.17, 15) is 4.39 Å². The van der Waals surface area contributed by atoms with Crippen LogP contribution in [0.25, 0.3) is 17.0 Å². The van der Waals surface area contributed by atoms with E-state index in [0.717, 1.165) is 28.0 Å². The summed E-state index contributed by atoms with van der Waals surface area (Å²) in [7, 11) is 1.64. The fourth-order valence-electron chi connectivity index (χ4n) is 3.68. The number of aromatic nitrogens is 2. The number of benzene rings is 2. The molecule has 1 atom stereocenters. The lowest BCUT2D eigenvalue weighted by Crippen LogP contribution is -2.47. The lowest BCUT2D eigenvalue weighted by molar-refractivity contribution is 0.183. The molecule has 2 aromatic carbocycles. The zero-order valence-electron chi connectivity index (χ0n) is 17.6. The van der Waals surface area contributed by atoms with Gasteiger partial charge in [0.15, 0.2) is 5.11 Å². The van der Waals surface area contributed by atoms with Crippen LogP contribution in [0.1, 0.15) is 30.0 Å². The maximum atomic E-state index is 14.0. The Bertz CT molecular complexity index is 1140. The Kier molecular flexibility index (Phi) is 6.11. The maximum Gasteiger partial charge on any atom is 0.258 e. The fourth-order valence-corrected chi connectivity index (χ4v) is 4.03. The molecule has 0 saturated carbocycles. The first kappa shape index (κ1) is 21.1. The van der Waals surface area contributed by atoms with Gasteiger partial charge >= 0.3 is 0 Å². The third kappa shape index (κ3) is 4.35. The molecular weight excluding hydrogens is 415 g/mol. The normalized spacial score (nSPS) is 16.6. The minimum atomic E-state index is -0.423. The molecule has 160 valence electrons. The molecule has 0 fully saturated rings. The van der Waals surface area contributed by atoms with Gasteiger partial charge in [-0.3, -0.25) is 0 Å². The highest BCUT2D eigenvalue weighted by molar-refractivity contribution is 7.80. The van der Waals surface area contributed by atoms with E-state index in [0.29, 0.717) is 30.0 Å². The molecule has 0 saturated heterocycles. The topological polar surface area (TPSA) is 63.4 Å². The molecule has 0 radical (unpaired) electrons. The van der Waals surface area contributed by atoms with Gasteiger partial charge in [0.2, 0.25) is 5.82 Å². The number of ether oxygens (including phenoxy) is 1. The number of aryl methyl sites for hydroxylation is 1. The molecule has 3 aromatic rings. The van der Waals surface area contributed by atoms with E-state index in [4.69, 9.17) is 21.5 Å². The number of rotatable bonds is 6. The Hall–Kier alpha value is -3.10. The number of halogens is 1. The van der Waals surface area contributed by atoms with Gasteiger partial charge in [0.25, 0.3) is 5.89 Å². The standard InChI is InChI=1S/C23H23FN4O2S/c1-14-6-4-8-17(12-14)21-26-22(30-27-21)19-15(2)28(10-11-29-3)23(31)25-20(19)16-7-5-9-18(24)13-16/h4-9,12-13,20H,10-11H2,1-3H3,(H,25,31). The van der Waals surface area contributed by atoms with Crippen LogP contribution in [0.4, 0.5) is 4.39 Å². The van der Waals surface area contributed by atoms with E-state index in [-0.39, 0.29) is 5.82 Å². The quantitative estimate of drug-likeness (QED) is 0.569. The second kappa shape index (κ2) is 8.95. The van der Waals surface area contributed by atoms with Crippen molar-refractivity contribution in [3.63, 3.8) is 0 Å². The highest BCUT2D eigenvalue weighted by Gasteiger charge is 2.34. The van der Waals surface area contributed by atoms with Gasteiger partial charge < -0.3 is 19.5 Å². The van der Waals surface area contributed by atoms with E-state index in [2.05, 4.69) is 15.5 Å². The van der Waals surface area contributed by atoms with Crippen LogP contribution in [0.5, 0.6) is 0 Å². The summed E-state index contributed by atoms with van der Waals surface area (Å²) < 4.78 is 24.9. The van der Waals surface area contributed by atoms with Crippen molar-refractivity contribution < 1.29 is 13.7 Å². The minimum Gasteiger partial charge on any atom is -0.383 e. The van der Waals surface area contributed by atoms with Gasteiger partial charge in [-0.05, 0) is 49.8 Å². The SMILES string of the molecule is COCCN1C(=S)NC(c2cccc(F)c2)C(c2nc(-c3cccc(C)c3)no2)=C1C. The van der Waals surface area contributed by atoms with Gasteiger partial charge in [-0.15, -0.1) is 0 Å². The number of thiocarbonyl (C=S) groups is 1. The van der Waals surface area contributed by atoms with E-state index in [1.165, 1.54) is 12.1 Å². The molecule has 1 aliphatic heterocycles. The Morgan fingerprint density at radius 1 is 1.19 bits per heavy atom. The van der Waals surface area contributed by atoms with Gasteiger partial charge in [0.05, 0.1) is 18.2 Å². The summed E-state index contributed by atoms with van der Waals surface area (Å²) in [6.07, 6.45) is 0. The Labute approximate surface area is 185 Å². The second-order valence-electron chi connectivity index (χ2n) is 7.37. The predicted octanol–water partition coefficient (Wildman–Crippen LogP) is 4.49. The smallest absolute Gasteiger partial charge is 0.258 e. The van der Waals surface area contributed by atoms with Crippen molar-refractivity contribution in [3.05, 3.63) is 77.1 Å². The number of hydrogen-bond donors (Lipinski definition) is 1. The lowest BCUT2D eigenvalue weighted by Gasteiger charge is -2.37. The van der Waals surface area contributed by atoms with Crippen molar-refractivity contribution >= 4 is 22.9 Å². The summed E-state index contributed by atoms with van der Waals surface area (Å²) in [5, 5.41) is 8.03. The van der Waals surface area contributed by atoms with E-state index < -0.39 is 6.04 Å². The monoisotopic (exact) mass is 438 g/mol. The third-order valence-electron chi connectivity index (χ3n) is 5.23. The zero-order valence-corrected chi connectivity index (χ0v) is 18.4. The lowest BCUT2D eigenvalue weighted by atomic mass is 9.94. The highest BCUT2D eigenvalue weighted by atomic mass is 32.1. The molecule has 31 heavy (non-hydrogen) atoms. The predicted molar refractivity (Wildman–Crippen MR) is 121 cm³/mol. The van der Waals surface area contributed by atoms with Gasteiger partial charge in [0.1, 0.15) is 5.82 Å². The Morgan fingerprint density at radius 2 is 2.00 bits per heavy atom. The first-order valence-corrected chi connectivity index (χ1v) is 10.3. The number of nitrogens with zero attached hydrogens (tertiary/aromatic N) is 3. The van der Waals surface area contributed by atoms with Crippen LogP contribution in [-0.2, 0) is 4.74 Å². The van der Waals surface area contributed by atoms with Gasteiger partial charge in [0, 0.05) is 24.9 Å². The van der Waals surface area contributed by atoms with Gasteiger partial charge in [-0.1, -0.05) is 41.1 Å². The summed E-state index contributed by atoms with van der Waals surface area (Å²) in [6, 6.07) is 13.9. The number of nitrogens with one attached hydrogen (secondary N) is 1. The van der Waals surface area contributed by atoms with Crippen LogP contribution in [0.15, 0.2) is 58.8 Å². The van der Waals surface area contributed by atoms with Crippen molar-refractivity contribution in [1.82, 2.24) is 20.4 Å². The van der Waals surface area contributed by atoms with Crippen molar-refractivity contribution in [2.75, 3.05) is 20.3 Å². The van der Waals surface area contributed by atoms with E-state index in [1.807, 2.05) is 49.1 Å². The summed E-state index contributed by atoms with van der Waals surface area (Å²) in [4.78, 5) is 6.59. The average Bonchev–Trinajstić information content (AvgIpc) is 3.23. The van der Waals surface area contributed by atoms with E-state index >= 15 is 0 Å². The van der Waals surface area contributed by atoms with Crippen LogP contribution >= 0.6 is 12.2 Å². The Balaban J connectivity index is 1.81. The van der Waals surface area contributed by atoms with Crippen LogP contribution in [0.3, 0.4) is 0 Å². The zero-order chi connectivity index (χ0) is 22.0. The minimum absolute atomic E-state index is 0.324. The first-order valence-electron chi connectivity index (χ1n) is 9.92. The number of allylic oxidation sites excluding steroid dienone is 1. The maximum absolute atomic E-state index is 14.0. The van der Waals surface area contributed by atoms with Gasteiger partial charge in [-0.25, -0.2) is 4.39 Å². The summed E-state index contributed by atoms with van der Waals surface area (Å²) in [5.74, 6) is 0.532. The summed E-state index contributed by atoms with van der Waals surface area (Å²) in [5.41, 5.74) is 4.30. The molecule has 0 spiro atoms. The molecule has 0 aliphatic carbocycles. The first-order chi connectivity index (χ1) is 15.0. The molecule has 1 aromatic heterocycles. The van der Waals surface area contributed by atoms with Crippen molar-refractivity contribution in [3.8, 4) is 11.4 Å². The molecule has 1 aliphatic rings. The van der Waals surface area contributed by atoms with E-state index in [1.54, 1.807) is 13.2 Å². The largest absolute Gasteiger partial charge is 0.383 e. The van der Waals surface area contributed by atoms with Crippen molar-refractivity contribution in [2.24, 2.45) is 0 Å². The third-order valence-corrected chi connectivity index (χ3v) is 5.57. The summed E-state index contributed by atoms with van der Waals surface area (Å²) in [6.45, 7) is 5.01. The molecule has 0 amide bonds. The van der Waals surface area contributed by atoms with Gasteiger partial charge in [-0.2, -0.15) is 4.98 Å². The highest BCUT2D eigenvalue weighted by Crippen LogP contribution is 2.37. The summed E-state index contributed by atoms with van der Waals surface area (Å²) >= 11 is 5.59.